The lowest BCUT2D eigenvalue weighted by atomic mass is 10.2. The second kappa shape index (κ2) is 4.33. The van der Waals surface area contributed by atoms with Crippen LogP contribution in [0.2, 0.25) is 0 Å². The first-order valence-electron chi connectivity index (χ1n) is 3.83. The van der Waals surface area contributed by atoms with E-state index in [1.54, 1.807) is 14.2 Å². The standard InChI is InChI=1S/C9H13O3P/c1-6-4-5-7(12-13)9(11-3)8(6)10-2/h4-5H,13H2,1-3H3. The average Bonchev–Trinajstić information content (AvgIpc) is 2.17. The van der Waals surface area contributed by atoms with Crippen molar-refractivity contribution in [3.8, 4) is 17.2 Å². The fourth-order valence-corrected chi connectivity index (χ4v) is 1.37. The van der Waals surface area contributed by atoms with E-state index in [4.69, 9.17) is 14.0 Å². The molecule has 1 rings (SSSR count). The maximum Gasteiger partial charge on any atom is 0.203 e. The van der Waals surface area contributed by atoms with Crippen molar-refractivity contribution < 1.29 is 14.0 Å². The van der Waals surface area contributed by atoms with E-state index < -0.39 is 0 Å². The van der Waals surface area contributed by atoms with E-state index in [9.17, 15) is 0 Å². The minimum atomic E-state index is 0.623. The highest BCUT2D eigenvalue weighted by molar-refractivity contribution is 7.10. The van der Waals surface area contributed by atoms with Gasteiger partial charge in [-0.05, 0) is 18.6 Å². The van der Waals surface area contributed by atoms with Gasteiger partial charge in [-0.25, -0.2) is 0 Å². The minimum Gasteiger partial charge on any atom is -0.492 e. The van der Waals surface area contributed by atoms with Gasteiger partial charge in [-0.1, -0.05) is 6.07 Å². The quantitative estimate of drug-likeness (QED) is 0.700. The van der Waals surface area contributed by atoms with Gasteiger partial charge in [0.2, 0.25) is 5.75 Å². The Bertz CT molecular complexity index is 299. The first-order chi connectivity index (χ1) is 6.24. The third kappa shape index (κ3) is 1.86. The van der Waals surface area contributed by atoms with Crippen LogP contribution in [0, 0.1) is 6.92 Å². The van der Waals surface area contributed by atoms with Gasteiger partial charge in [0, 0.05) is 0 Å². The molecule has 1 atom stereocenters. The predicted molar refractivity (Wildman–Crippen MR) is 54.6 cm³/mol. The highest BCUT2D eigenvalue weighted by atomic mass is 31.0. The monoisotopic (exact) mass is 200 g/mol. The molecule has 0 amide bonds. The molecule has 72 valence electrons. The van der Waals surface area contributed by atoms with Crippen molar-refractivity contribution in [2.45, 2.75) is 6.92 Å². The molecule has 0 aliphatic rings. The Morgan fingerprint density at radius 1 is 1.08 bits per heavy atom. The van der Waals surface area contributed by atoms with Crippen molar-refractivity contribution in [3.63, 3.8) is 0 Å². The highest BCUT2D eigenvalue weighted by Gasteiger charge is 2.12. The molecule has 0 bridgehead atoms. The molecule has 0 aliphatic heterocycles. The molecule has 4 heteroatoms. The summed E-state index contributed by atoms with van der Waals surface area (Å²) in [5.41, 5.74) is 1.02. The second-order valence-corrected chi connectivity index (χ2v) is 2.80. The lowest BCUT2D eigenvalue weighted by Gasteiger charge is -2.13. The van der Waals surface area contributed by atoms with Gasteiger partial charge in [0.25, 0.3) is 0 Å². The second-order valence-electron chi connectivity index (χ2n) is 2.56. The van der Waals surface area contributed by atoms with Gasteiger partial charge in [0.05, 0.1) is 23.7 Å². The van der Waals surface area contributed by atoms with Crippen molar-refractivity contribution in [2.75, 3.05) is 14.2 Å². The van der Waals surface area contributed by atoms with Gasteiger partial charge in [0.15, 0.2) is 11.5 Å². The molecule has 1 aromatic rings. The van der Waals surface area contributed by atoms with E-state index in [2.05, 4.69) is 9.47 Å². The Morgan fingerprint density at radius 2 is 1.69 bits per heavy atom. The van der Waals surface area contributed by atoms with Crippen LogP contribution in [0.15, 0.2) is 12.1 Å². The molecule has 0 saturated heterocycles. The van der Waals surface area contributed by atoms with Crippen molar-refractivity contribution in [3.05, 3.63) is 17.7 Å². The van der Waals surface area contributed by atoms with Crippen LogP contribution in [0.4, 0.5) is 0 Å². The molecule has 0 fully saturated rings. The maximum absolute atomic E-state index is 5.20. The summed E-state index contributed by atoms with van der Waals surface area (Å²) in [5.74, 6) is 1.98. The SMILES string of the molecule is COc1c(C)ccc(OP)c1OC. The van der Waals surface area contributed by atoms with Crippen molar-refractivity contribution in [2.24, 2.45) is 0 Å². The molecule has 0 radical (unpaired) electrons. The highest BCUT2D eigenvalue weighted by Crippen LogP contribution is 2.39. The molecule has 0 spiro atoms. The summed E-state index contributed by atoms with van der Waals surface area (Å²) in [5, 5.41) is 0. The Hall–Kier alpha value is -0.950. The molecular weight excluding hydrogens is 187 g/mol. The molecule has 0 saturated carbocycles. The van der Waals surface area contributed by atoms with Crippen LogP contribution in [-0.2, 0) is 0 Å². The number of hydrogen-bond donors (Lipinski definition) is 0. The lowest BCUT2D eigenvalue weighted by Crippen LogP contribution is -1.94. The normalized spacial score (nSPS) is 9.54. The Labute approximate surface area is 80.3 Å². The summed E-state index contributed by atoms with van der Waals surface area (Å²) in [6, 6.07) is 3.75. The Balaban J connectivity index is 3.27. The first-order valence-corrected chi connectivity index (χ1v) is 4.30. The van der Waals surface area contributed by atoms with Crippen LogP contribution in [0.3, 0.4) is 0 Å². The minimum absolute atomic E-state index is 0.623. The molecule has 1 aromatic carbocycles. The van der Waals surface area contributed by atoms with Crippen molar-refractivity contribution in [1.29, 1.82) is 0 Å². The maximum atomic E-state index is 5.20. The molecule has 3 nitrogen and oxygen atoms in total. The molecule has 0 N–H and O–H groups in total. The topological polar surface area (TPSA) is 27.7 Å². The fourth-order valence-electron chi connectivity index (χ4n) is 1.18. The van der Waals surface area contributed by atoms with Crippen LogP contribution < -0.4 is 14.0 Å². The molecule has 0 aromatic heterocycles. The van der Waals surface area contributed by atoms with Crippen molar-refractivity contribution in [1.82, 2.24) is 0 Å². The first kappa shape index (κ1) is 10.1. The van der Waals surface area contributed by atoms with Crippen LogP contribution in [0.5, 0.6) is 17.2 Å². The van der Waals surface area contributed by atoms with Crippen LogP contribution in [0.25, 0.3) is 0 Å². The number of methoxy groups -OCH3 is 2. The van der Waals surface area contributed by atoms with Gasteiger partial charge >= 0.3 is 0 Å². The Kier molecular flexibility index (Phi) is 3.38. The number of aryl methyl sites for hydroxylation is 1. The zero-order valence-electron chi connectivity index (χ0n) is 7.96. The van der Waals surface area contributed by atoms with Crippen molar-refractivity contribution >= 4 is 9.47 Å². The molecule has 13 heavy (non-hydrogen) atoms. The van der Waals surface area contributed by atoms with E-state index in [0.29, 0.717) is 17.2 Å². The van der Waals surface area contributed by atoms with E-state index in [-0.39, 0.29) is 0 Å². The average molecular weight is 200 g/mol. The third-order valence-electron chi connectivity index (χ3n) is 1.81. The zero-order valence-corrected chi connectivity index (χ0v) is 9.11. The van der Waals surface area contributed by atoms with Gasteiger partial charge in [0.1, 0.15) is 0 Å². The molecule has 0 heterocycles. The summed E-state index contributed by atoms with van der Waals surface area (Å²) in [6.45, 7) is 1.95. The largest absolute Gasteiger partial charge is 0.492 e. The van der Waals surface area contributed by atoms with E-state index in [1.807, 2.05) is 19.1 Å². The fraction of sp³-hybridized carbons (Fsp3) is 0.333. The number of rotatable bonds is 3. The van der Waals surface area contributed by atoms with Gasteiger partial charge < -0.3 is 14.0 Å². The van der Waals surface area contributed by atoms with E-state index >= 15 is 0 Å². The predicted octanol–water partition coefficient (Wildman–Crippen LogP) is 2.18. The van der Waals surface area contributed by atoms with Gasteiger partial charge in [-0.15, -0.1) is 0 Å². The van der Waals surface area contributed by atoms with Gasteiger partial charge in [-0.2, -0.15) is 0 Å². The van der Waals surface area contributed by atoms with E-state index in [1.165, 1.54) is 0 Å². The van der Waals surface area contributed by atoms with Crippen LogP contribution in [-0.4, -0.2) is 14.2 Å². The zero-order chi connectivity index (χ0) is 9.84. The summed E-state index contributed by atoms with van der Waals surface area (Å²) in [7, 11) is 5.38. The molecule has 0 aliphatic carbocycles. The summed E-state index contributed by atoms with van der Waals surface area (Å²) in [6.07, 6.45) is 0. The summed E-state index contributed by atoms with van der Waals surface area (Å²) < 4.78 is 15.4. The van der Waals surface area contributed by atoms with E-state index in [0.717, 1.165) is 5.56 Å². The van der Waals surface area contributed by atoms with Crippen LogP contribution >= 0.6 is 9.47 Å². The smallest absolute Gasteiger partial charge is 0.203 e. The number of hydrogen-bond acceptors (Lipinski definition) is 3. The van der Waals surface area contributed by atoms with Crippen LogP contribution in [0.1, 0.15) is 5.56 Å². The number of ether oxygens (including phenoxy) is 2. The lowest BCUT2D eigenvalue weighted by molar-refractivity contribution is 0.344. The molecule has 1 unspecified atom stereocenters. The number of benzene rings is 1. The van der Waals surface area contributed by atoms with Gasteiger partial charge in [-0.3, -0.25) is 0 Å². The summed E-state index contributed by atoms with van der Waals surface area (Å²) in [4.78, 5) is 0. The Morgan fingerprint density at radius 3 is 2.15 bits per heavy atom. The summed E-state index contributed by atoms with van der Waals surface area (Å²) >= 11 is 0. The third-order valence-corrected chi connectivity index (χ3v) is 2.06. The molecular formula is C9H13O3P.